The number of H-pyrrole nitrogens is 1. The van der Waals surface area contributed by atoms with Gasteiger partial charge < -0.3 is 14.2 Å². The van der Waals surface area contributed by atoms with E-state index in [4.69, 9.17) is 14.2 Å². The molecule has 0 spiro atoms. The highest BCUT2D eigenvalue weighted by Crippen LogP contribution is 2.42. The second-order valence-electron chi connectivity index (χ2n) is 4.78. The van der Waals surface area contributed by atoms with Crippen LogP contribution in [0, 0.1) is 5.82 Å². The van der Waals surface area contributed by atoms with Crippen LogP contribution in [0.1, 0.15) is 13.2 Å². The van der Waals surface area contributed by atoms with E-state index in [2.05, 4.69) is 0 Å². The van der Waals surface area contributed by atoms with Crippen molar-refractivity contribution in [1.82, 2.24) is 9.55 Å². The largest absolute Gasteiger partial charge is 0.453 e. The number of methoxy groups -OCH3 is 1. The molecule has 0 radical (unpaired) electrons. The van der Waals surface area contributed by atoms with Crippen molar-refractivity contribution in [3.05, 3.63) is 32.9 Å². The standard InChI is InChI=1S/C12H13F2IN2O6/c1-5(18)22-8-7(14)10(23-12(8,4-15)21-2)17-3-6(13)9(19)16-11(17)20/h3,7-8,10H,4H2,1-2H3,(H,16,19,20)/t7-,8-,10+,12+/m0/s1. The fourth-order valence-electron chi connectivity index (χ4n) is 2.25. The first-order valence-corrected chi connectivity index (χ1v) is 7.89. The summed E-state index contributed by atoms with van der Waals surface area (Å²) in [5.74, 6) is -3.70. The number of hydrogen-bond acceptors (Lipinski definition) is 6. The Morgan fingerprint density at radius 3 is 2.74 bits per heavy atom. The zero-order chi connectivity index (χ0) is 17.4. The van der Waals surface area contributed by atoms with Crippen LogP contribution in [0.5, 0.6) is 0 Å². The average Bonchev–Trinajstić information content (AvgIpc) is 2.76. The van der Waals surface area contributed by atoms with Gasteiger partial charge in [-0.15, -0.1) is 0 Å². The van der Waals surface area contributed by atoms with Crippen molar-refractivity contribution in [3.8, 4) is 0 Å². The topological polar surface area (TPSA) is 99.6 Å². The molecule has 0 unspecified atom stereocenters. The predicted octanol–water partition coefficient (Wildman–Crippen LogP) is 0.252. The molecule has 0 aromatic carbocycles. The lowest BCUT2D eigenvalue weighted by Gasteiger charge is -2.30. The van der Waals surface area contributed by atoms with E-state index < -0.39 is 47.3 Å². The molecule has 8 nitrogen and oxygen atoms in total. The number of nitrogens with zero attached hydrogens (tertiary/aromatic N) is 1. The van der Waals surface area contributed by atoms with Gasteiger partial charge in [0.1, 0.15) is 0 Å². The average molecular weight is 446 g/mol. The van der Waals surface area contributed by atoms with Crippen LogP contribution >= 0.6 is 22.6 Å². The minimum Gasteiger partial charge on any atom is -0.453 e. The molecule has 1 aromatic heterocycles. The fourth-order valence-corrected chi connectivity index (χ4v) is 3.17. The summed E-state index contributed by atoms with van der Waals surface area (Å²) in [6.45, 7) is 1.08. The Morgan fingerprint density at radius 2 is 2.22 bits per heavy atom. The van der Waals surface area contributed by atoms with Crippen LogP contribution in [-0.2, 0) is 19.0 Å². The van der Waals surface area contributed by atoms with E-state index in [-0.39, 0.29) is 4.43 Å². The number of aromatic amines is 1. The number of esters is 1. The SMILES string of the molecule is CO[C@]1(CI)O[C@@H](n2cc(F)c(=O)[nH]c2=O)[C@@H](F)[C@@H]1OC(C)=O. The zero-order valence-electron chi connectivity index (χ0n) is 12.0. The van der Waals surface area contributed by atoms with Crippen LogP contribution < -0.4 is 11.2 Å². The normalized spacial score (nSPS) is 30.4. The molecule has 1 aliphatic heterocycles. The van der Waals surface area contributed by atoms with Gasteiger partial charge >= 0.3 is 11.7 Å². The zero-order valence-corrected chi connectivity index (χ0v) is 14.2. The molecule has 0 bridgehead atoms. The molecule has 2 heterocycles. The quantitative estimate of drug-likeness (QED) is 0.405. The van der Waals surface area contributed by atoms with Gasteiger partial charge in [-0.2, -0.15) is 4.39 Å². The summed E-state index contributed by atoms with van der Waals surface area (Å²) in [7, 11) is 1.22. The smallest absolute Gasteiger partial charge is 0.330 e. The van der Waals surface area contributed by atoms with Gasteiger partial charge in [0, 0.05) is 14.0 Å². The molecule has 128 valence electrons. The second-order valence-corrected chi connectivity index (χ2v) is 5.54. The Labute approximate surface area is 141 Å². The second kappa shape index (κ2) is 6.65. The molecule has 1 aromatic rings. The highest BCUT2D eigenvalue weighted by Gasteiger charge is 2.59. The van der Waals surface area contributed by atoms with E-state index in [1.54, 1.807) is 4.98 Å². The third kappa shape index (κ3) is 3.17. The van der Waals surface area contributed by atoms with E-state index in [9.17, 15) is 23.2 Å². The summed E-state index contributed by atoms with van der Waals surface area (Å²) >= 11 is 1.84. The van der Waals surface area contributed by atoms with Gasteiger partial charge in [0.2, 0.25) is 11.6 Å². The Balaban J connectivity index is 2.49. The Hall–Kier alpha value is -1.34. The summed E-state index contributed by atoms with van der Waals surface area (Å²) in [5.41, 5.74) is -2.30. The van der Waals surface area contributed by atoms with E-state index in [0.717, 1.165) is 6.92 Å². The van der Waals surface area contributed by atoms with E-state index >= 15 is 0 Å². The molecular formula is C12H13F2IN2O6. The number of hydrogen-bond donors (Lipinski definition) is 1. The first-order valence-electron chi connectivity index (χ1n) is 6.37. The van der Waals surface area contributed by atoms with Gasteiger partial charge in [0.15, 0.2) is 18.5 Å². The van der Waals surface area contributed by atoms with Crippen molar-refractivity contribution in [2.24, 2.45) is 0 Å². The van der Waals surface area contributed by atoms with Crippen LogP contribution in [0.25, 0.3) is 0 Å². The van der Waals surface area contributed by atoms with E-state index in [1.807, 2.05) is 22.6 Å². The number of carbonyl (C=O) groups is 1. The maximum absolute atomic E-state index is 14.7. The summed E-state index contributed by atoms with van der Waals surface area (Å²) in [5, 5.41) is 0. The minimum atomic E-state index is -2.02. The monoisotopic (exact) mass is 446 g/mol. The van der Waals surface area contributed by atoms with Crippen molar-refractivity contribution in [1.29, 1.82) is 0 Å². The molecule has 4 atom stereocenters. The lowest BCUT2D eigenvalue weighted by atomic mass is 10.1. The summed E-state index contributed by atoms with van der Waals surface area (Å²) in [6.07, 6.45) is -4.58. The number of nitrogens with one attached hydrogen (secondary N) is 1. The van der Waals surface area contributed by atoms with Gasteiger partial charge in [0.25, 0.3) is 5.56 Å². The lowest BCUT2D eigenvalue weighted by molar-refractivity contribution is -0.242. The minimum absolute atomic E-state index is 0.0662. The lowest BCUT2D eigenvalue weighted by Crippen LogP contribution is -2.47. The van der Waals surface area contributed by atoms with Crippen molar-refractivity contribution in [3.63, 3.8) is 0 Å². The Kier molecular flexibility index (Phi) is 5.20. The van der Waals surface area contributed by atoms with Crippen LogP contribution in [0.4, 0.5) is 8.78 Å². The van der Waals surface area contributed by atoms with Crippen LogP contribution in [0.15, 0.2) is 15.8 Å². The summed E-state index contributed by atoms with van der Waals surface area (Å²) < 4.78 is 44.2. The van der Waals surface area contributed by atoms with Crippen molar-refractivity contribution in [2.75, 3.05) is 11.5 Å². The maximum Gasteiger partial charge on any atom is 0.330 e. The first kappa shape index (κ1) is 18.0. The molecule has 1 aliphatic rings. The number of rotatable bonds is 4. The summed E-state index contributed by atoms with van der Waals surface area (Å²) in [6, 6.07) is 0. The molecule has 23 heavy (non-hydrogen) atoms. The van der Waals surface area contributed by atoms with Gasteiger partial charge in [-0.25, -0.2) is 9.18 Å². The molecule has 1 N–H and O–H groups in total. The van der Waals surface area contributed by atoms with Gasteiger partial charge in [-0.05, 0) is 0 Å². The van der Waals surface area contributed by atoms with Crippen molar-refractivity contribution in [2.45, 2.75) is 31.2 Å². The number of carbonyl (C=O) groups excluding carboxylic acids is 1. The molecule has 0 saturated carbocycles. The van der Waals surface area contributed by atoms with Gasteiger partial charge in [-0.1, -0.05) is 22.6 Å². The highest BCUT2D eigenvalue weighted by molar-refractivity contribution is 14.1. The fraction of sp³-hybridized carbons (Fsp3) is 0.583. The number of ether oxygens (including phenoxy) is 3. The predicted molar refractivity (Wildman–Crippen MR) is 80.5 cm³/mol. The van der Waals surface area contributed by atoms with Crippen molar-refractivity contribution >= 4 is 28.6 Å². The maximum atomic E-state index is 14.7. The number of aromatic nitrogens is 2. The first-order chi connectivity index (χ1) is 10.8. The summed E-state index contributed by atoms with van der Waals surface area (Å²) in [4.78, 5) is 35.7. The third-order valence-corrected chi connectivity index (χ3v) is 4.40. The van der Waals surface area contributed by atoms with Crippen LogP contribution in [-0.4, -0.2) is 45.1 Å². The van der Waals surface area contributed by atoms with Crippen LogP contribution in [0.3, 0.4) is 0 Å². The van der Waals surface area contributed by atoms with E-state index in [0.29, 0.717) is 10.8 Å². The number of halogens is 3. The molecular weight excluding hydrogens is 433 g/mol. The van der Waals surface area contributed by atoms with Crippen molar-refractivity contribution < 1.29 is 27.8 Å². The molecule has 0 aliphatic carbocycles. The molecule has 1 saturated heterocycles. The number of alkyl halides is 2. The Bertz CT molecular complexity index is 716. The molecule has 0 amide bonds. The van der Waals surface area contributed by atoms with E-state index in [1.165, 1.54) is 7.11 Å². The van der Waals surface area contributed by atoms with Crippen LogP contribution in [0.2, 0.25) is 0 Å². The van der Waals surface area contributed by atoms with Gasteiger partial charge in [-0.3, -0.25) is 19.1 Å². The molecule has 11 heteroatoms. The molecule has 1 fully saturated rings. The van der Waals surface area contributed by atoms with Gasteiger partial charge in [0.05, 0.1) is 10.6 Å². The highest BCUT2D eigenvalue weighted by atomic mass is 127. The molecule has 2 rings (SSSR count). The third-order valence-electron chi connectivity index (χ3n) is 3.34. The Morgan fingerprint density at radius 1 is 1.57 bits per heavy atom.